The molecule has 0 heterocycles. The number of esters is 1. The highest BCUT2D eigenvalue weighted by atomic mass is 79.9. The van der Waals surface area contributed by atoms with E-state index in [1.54, 1.807) is 0 Å². The first-order valence-electron chi connectivity index (χ1n) is 5.35. The summed E-state index contributed by atoms with van der Waals surface area (Å²) in [6.07, 6.45) is 1.26. The number of nitrogens with one attached hydrogen (secondary N) is 1. The van der Waals surface area contributed by atoms with Crippen LogP contribution in [0.25, 0.3) is 0 Å². The molecule has 0 unspecified atom stereocenters. The average molecular weight is 365 g/mol. The Balaban J connectivity index is 2.22. The second-order valence-electron chi connectivity index (χ2n) is 3.60. The molecule has 0 aliphatic rings. The van der Waals surface area contributed by atoms with Gasteiger partial charge in [-0.15, -0.1) is 0 Å². The van der Waals surface area contributed by atoms with Crippen LogP contribution in [0.3, 0.4) is 0 Å². The molecule has 0 aliphatic carbocycles. The quantitative estimate of drug-likeness (QED) is 0.622. The number of carbonyl (C=O) groups excluding carboxylic acids is 1. The summed E-state index contributed by atoms with van der Waals surface area (Å²) in [6, 6.07) is 6.13. The lowest BCUT2D eigenvalue weighted by molar-refractivity contribution is -0.140. The summed E-state index contributed by atoms with van der Waals surface area (Å²) in [5, 5.41) is 3.28. The van der Waals surface area contributed by atoms with Gasteiger partial charge in [-0.2, -0.15) is 0 Å². The number of ether oxygens (including phenoxy) is 1. The van der Waals surface area contributed by atoms with Crippen molar-refractivity contribution in [1.29, 1.82) is 0 Å². The Kier molecular flexibility index (Phi) is 6.77. The molecule has 17 heavy (non-hydrogen) atoms. The third-order valence-electron chi connectivity index (χ3n) is 2.28. The number of hydrogen-bond donors (Lipinski definition) is 1. The minimum absolute atomic E-state index is 0.154. The molecule has 0 bridgehead atoms. The van der Waals surface area contributed by atoms with Crippen LogP contribution in [0.1, 0.15) is 18.4 Å². The van der Waals surface area contributed by atoms with Crippen LogP contribution in [-0.4, -0.2) is 19.6 Å². The zero-order valence-corrected chi connectivity index (χ0v) is 12.8. The van der Waals surface area contributed by atoms with Crippen LogP contribution < -0.4 is 5.32 Å². The first-order valence-corrected chi connectivity index (χ1v) is 6.93. The van der Waals surface area contributed by atoms with E-state index in [9.17, 15) is 4.79 Å². The van der Waals surface area contributed by atoms with Crippen molar-refractivity contribution in [2.24, 2.45) is 0 Å². The molecule has 0 amide bonds. The Hall–Kier alpha value is -0.390. The SMILES string of the molecule is COC(=O)CCCNCc1ccc(Br)c(Br)c1. The highest BCUT2D eigenvalue weighted by molar-refractivity contribution is 9.13. The Labute approximate surface area is 118 Å². The molecular formula is C12H15Br2NO2. The van der Waals surface area contributed by atoms with Gasteiger partial charge in [-0.25, -0.2) is 0 Å². The fraction of sp³-hybridized carbons (Fsp3) is 0.417. The lowest BCUT2D eigenvalue weighted by atomic mass is 10.2. The molecule has 0 saturated heterocycles. The van der Waals surface area contributed by atoms with Crippen molar-refractivity contribution in [3.05, 3.63) is 32.7 Å². The number of halogens is 2. The zero-order chi connectivity index (χ0) is 12.7. The van der Waals surface area contributed by atoms with Gasteiger partial charge in [0.15, 0.2) is 0 Å². The van der Waals surface area contributed by atoms with Crippen molar-refractivity contribution >= 4 is 37.8 Å². The molecule has 0 aromatic heterocycles. The molecule has 0 radical (unpaired) electrons. The highest BCUT2D eigenvalue weighted by Crippen LogP contribution is 2.23. The number of hydrogen-bond acceptors (Lipinski definition) is 3. The van der Waals surface area contributed by atoms with Gasteiger partial charge in [-0.3, -0.25) is 4.79 Å². The van der Waals surface area contributed by atoms with E-state index in [1.165, 1.54) is 12.7 Å². The third kappa shape index (κ3) is 5.66. The van der Waals surface area contributed by atoms with Crippen molar-refractivity contribution in [2.75, 3.05) is 13.7 Å². The lowest BCUT2D eigenvalue weighted by Crippen LogP contribution is -2.16. The van der Waals surface area contributed by atoms with Crippen LogP contribution in [0.5, 0.6) is 0 Å². The summed E-state index contributed by atoms with van der Waals surface area (Å²) < 4.78 is 6.66. The minimum atomic E-state index is -0.154. The molecule has 1 rings (SSSR count). The van der Waals surface area contributed by atoms with Gasteiger partial charge in [-0.05, 0) is 62.5 Å². The molecule has 0 fully saturated rings. The van der Waals surface area contributed by atoms with Crippen molar-refractivity contribution in [3.8, 4) is 0 Å². The van der Waals surface area contributed by atoms with E-state index >= 15 is 0 Å². The van der Waals surface area contributed by atoms with Crippen LogP contribution in [0, 0.1) is 0 Å². The number of rotatable bonds is 6. The lowest BCUT2D eigenvalue weighted by Gasteiger charge is -2.05. The monoisotopic (exact) mass is 363 g/mol. The normalized spacial score (nSPS) is 10.3. The smallest absolute Gasteiger partial charge is 0.305 e. The van der Waals surface area contributed by atoms with Crippen molar-refractivity contribution in [2.45, 2.75) is 19.4 Å². The summed E-state index contributed by atoms with van der Waals surface area (Å²) in [5.41, 5.74) is 1.21. The summed E-state index contributed by atoms with van der Waals surface area (Å²) >= 11 is 6.89. The highest BCUT2D eigenvalue weighted by Gasteiger charge is 2.00. The summed E-state index contributed by atoms with van der Waals surface area (Å²) in [5.74, 6) is -0.154. The standard InChI is InChI=1S/C12H15Br2NO2/c1-17-12(16)3-2-6-15-8-9-4-5-10(13)11(14)7-9/h4-5,7,15H,2-3,6,8H2,1H3. The first kappa shape index (κ1) is 14.7. The van der Waals surface area contributed by atoms with E-state index in [4.69, 9.17) is 0 Å². The Morgan fingerprint density at radius 3 is 2.76 bits per heavy atom. The number of methoxy groups -OCH3 is 1. The van der Waals surface area contributed by atoms with Gasteiger partial charge in [0.2, 0.25) is 0 Å². The van der Waals surface area contributed by atoms with Crippen molar-refractivity contribution < 1.29 is 9.53 Å². The van der Waals surface area contributed by atoms with Gasteiger partial charge in [-0.1, -0.05) is 6.07 Å². The van der Waals surface area contributed by atoms with Crippen molar-refractivity contribution in [1.82, 2.24) is 5.32 Å². The molecule has 0 atom stereocenters. The maximum absolute atomic E-state index is 10.9. The molecule has 0 aliphatic heterocycles. The van der Waals surface area contributed by atoms with Crippen LogP contribution in [0.2, 0.25) is 0 Å². The second-order valence-corrected chi connectivity index (χ2v) is 5.31. The molecule has 1 aromatic rings. The van der Waals surface area contributed by atoms with Gasteiger partial charge in [0.1, 0.15) is 0 Å². The average Bonchev–Trinajstić information content (AvgIpc) is 2.33. The van der Waals surface area contributed by atoms with Gasteiger partial charge in [0, 0.05) is 21.9 Å². The van der Waals surface area contributed by atoms with E-state index in [0.29, 0.717) is 6.42 Å². The van der Waals surface area contributed by atoms with Gasteiger partial charge in [0.25, 0.3) is 0 Å². The van der Waals surface area contributed by atoms with Crippen molar-refractivity contribution in [3.63, 3.8) is 0 Å². The van der Waals surface area contributed by atoms with Crippen LogP contribution >= 0.6 is 31.9 Å². The molecule has 0 spiro atoms. The maximum Gasteiger partial charge on any atom is 0.305 e. The number of benzene rings is 1. The van der Waals surface area contributed by atoms with E-state index in [1.807, 2.05) is 6.07 Å². The predicted octanol–water partition coefficient (Wildman–Crippen LogP) is 3.25. The van der Waals surface area contributed by atoms with Gasteiger partial charge in [0.05, 0.1) is 7.11 Å². The molecular weight excluding hydrogens is 350 g/mol. The Morgan fingerprint density at radius 1 is 1.35 bits per heavy atom. The summed E-state index contributed by atoms with van der Waals surface area (Å²) in [4.78, 5) is 10.9. The van der Waals surface area contributed by atoms with Gasteiger partial charge >= 0.3 is 5.97 Å². The molecule has 1 N–H and O–H groups in total. The topological polar surface area (TPSA) is 38.3 Å². The Bertz CT molecular complexity index is 383. The maximum atomic E-state index is 10.9. The Morgan fingerprint density at radius 2 is 2.12 bits per heavy atom. The van der Waals surface area contributed by atoms with Crippen LogP contribution in [0.15, 0.2) is 27.1 Å². The fourth-order valence-corrected chi connectivity index (χ4v) is 2.01. The van der Waals surface area contributed by atoms with Gasteiger partial charge < -0.3 is 10.1 Å². The fourth-order valence-electron chi connectivity index (χ4n) is 1.34. The number of carbonyl (C=O) groups is 1. The van der Waals surface area contributed by atoms with E-state index in [0.717, 1.165) is 28.5 Å². The van der Waals surface area contributed by atoms with E-state index in [-0.39, 0.29) is 5.97 Å². The van der Waals surface area contributed by atoms with E-state index < -0.39 is 0 Å². The summed E-state index contributed by atoms with van der Waals surface area (Å²) in [7, 11) is 1.41. The second kappa shape index (κ2) is 7.84. The largest absolute Gasteiger partial charge is 0.469 e. The predicted molar refractivity (Wildman–Crippen MR) is 74.8 cm³/mol. The molecule has 1 aromatic carbocycles. The summed E-state index contributed by atoms with van der Waals surface area (Å²) in [6.45, 7) is 1.61. The molecule has 3 nitrogen and oxygen atoms in total. The zero-order valence-electron chi connectivity index (χ0n) is 9.63. The van der Waals surface area contributed by atoms with Crippen LogP contribution in [-0.2, 0) is 16.1 Å². The molecule has 5 heteroatoms. The van der Waals surface area contributed by atoms with Crippen LogP contribution in [0.4, 0.5) is 0 Å². The van der Waals surface area contributed by atoms with E-state index in [2.05, 4.69) is 54.0 Å². The molecule has 0 saturated carbocycles. The molecule has 94 valence electrons. The minimum Gasteiger partial charge on any atom is -0.469 e. The first-order chi connectivity index (χ1) is 8.13. The third-order valence-corrected chi connectivity index (χ3v) is 4.15.